The van der Waals surface area contributed by atoms with Gasteiger partial charge in [-0.15, -0.1) is 24.8 Å². The number of hydrogen-bond donors (Lipinski definition) is 1. The topological polar surface area (TPSA) is 42.2 Å². The Labute approximate surface area is 142 Å². The molecule has 2 heterocycles. The van der Waals surface area contributed by atoms with Gasteiger partial charge in [0.1, 0.15) is 0 Å². The smallest absolute Gasteiger partial charge is 0.180 e. The fraction of sp³-hybridized carbons (Fsp3) is 0.222. The van der Waals surface area contributed by atoms with Gasteiger partial charge in [0.05, 0.1) is 17.8 Å². The molecule has 0 atom stereocenters. The molecular formula is C18H19ClN4. The van der Waals surface area contributed by atoms with Crippen molar-refractivity contribution in [3.8, 4) is 12.3 Å². The van der Waals surface area contributed by atoms with E-state index in [9.17, 15) is 0 Å². The summed E-state index contributed by atoms with van der Waals surface area (Å²) in [5.74, 6) is 3.46. The van der Waals surface area contributed by atoms with Gasteiger partial charge in [-0.05, 0) is 25.0 Å². The fourth-order valence-corrected chi connectivity index (χ4v) is 2.56. The summed E-state index contributed by atoms with van der Waals surface area (Å²) >= 11 is 0. The Morgan fingerprint density at radius 2 is 2.04 bits per heavy atom. The minimum absolute atomic E-state index is 0. The highest BCUT2D eigenvalue weighted by atomic mass is 35.5. The molecule has 4 nitrogen and oxygen atoms in total. The lowest BCUT2D eigenvalue weighted by Crippen LogP contribution is -2.05. The number of hydrogen-bond acceptors (Lipinski definition) is 3. The maximum Gasteiger partial charge on any atom is 0.180 e. The molecule has 0 saturated carbocycles. The van der Waals surface area contributed by atoms with Crippen molar-refractivity contribution in [1.29, 1.82) is 0 Å². The zero-order chi connectivity index (χ0) is 15.5. The van der Waals surface area contributed by atoms with Crippen LogP contribution in [0.15, 0.2) is 36.7 Å². The predicted octanol–water partition coefficient (Wildman–Crippen LogP) is 3.56. The lowest BCUT2D eigenvalue weighted by molar-refractivity contribution is 1.01. The first-order valence-electron chi connectivity index (χ1n) is 7.25. The summed E-state index contributed by atoms with van der Waals surface area (Å²) in [7, 11) is 0. The Morgan fingerprint density at radius 1 is 1.26 bits per heavy atom. The van der Waals surface area contributed by atoms with Crippen LogP contribution in [0, 0.1) is 26.2 Å². The molecule has 3 rings (SSSR count). The molecule has 0 aliphatic heterocycles. The summed E-state index contributed by atoms with van der Waals surface area (Å²) in [6, 6.07) is 8.31. The zero-order valence-corrected chi connectivity index (χ0v) is 14.0. The Bertz CT molecular complexity index is 861. The first-order valence-corrected chi connectivity index (χ1v) is 7.25. The zero-order valence-electron chi connectivity index (χ0n) is 13.2. The largest absolute Gasteiger partial charge is 0.363 e. The van der Waals surface area contributed by atoms with Crippen LogP contribution in [0.3, 0.4) is 0 Å². The highest BCUT2D eigenvalue weighted by Crippen LogP contribution is 2.19. The van der Waals surface area contributed by atoms with Crippen LogP contribution in [0.2, 0.25) is 0 Å². The molecule has 3 aromatic rings. The van der Waals surface area contributed by atoms with E-state index >= 15 is 0 Å². The quantitative estimate of drug-likeness (QED) is 0.745. The molecule has 0 fully saturated rings. The number of nitrogens with one attached hydrogen (secondary N) is 1. The van der Waals surface area contributed by atoms with Gasteiger partial charge in [-0.2, -0.15) is 0 Å². The van der Waals surface area contributed by atoms with Gasteiger partial charge >= 0.3 is 0 Å². The number of anilines is 1. The molecule has 0 amide bonds. The van der Waals surface area contributed by atoms with E-state index in [2.05, 4.69) is 40.3 Å². The molecule has 0 bridgehead atoms. The third-order valence-electron chi connectivity index (χ3n) is 3.82. The van der Waals surface area contributed by atoms with E-state index in [1.165, 1.54) is 11.1 Å². The molecular weight excluding hydrogens is 308 g/mol. The van der Waals surface area contributed by atoms with Gasteiger partial charge < -0.3 is 5.32 Å². The van der Waals surface area contributed by atoms with E-state index in [4.69, 9.17) is 6.42 Å². The molecule has 0 saturated heterocycles. The average molecular weight is 327 g/mol. The van der Waals surface area contributed by atoms with E-state index < -0.39 is 0 Å². The van der Waals surface area contributed by atoms with Crippen LogP contribution in [-0.2, 0) is 13.0 Å². The molecule has 1 N–H and O–H groups in total. The minimum Gasteiger partial charge on any atom is -0.363 e. The molecule has 5 heteroatoms. The van der Waals surface area contributed by atoms with Crippen LogP contribution in [0.25, 0.3) is 5.65 Å². The van der Waals surface area contributed by atoms with Crippen LogP contribution in [0.4, 0.5) is 5.82 Å². The standard InChI is InChI=1S/C18H18N4.ClH/c1-4-7-16-14(3)21-18-17(19-10-11-22(16)18)20-12-15-9-6-5-8-13(15)2;/h1,5-6,8-11H,7,12H2,2-3H3,(H,19,20);1H. The number of aromatic nitrogens is 3. The summed E-state index contributed by atoms with van der Waals surface area (Å²) in [6.45, 7) is 4.80. The molecule has 0 radical (unpaired) electrons. The van der Waals surface area contributed by atoms with Crippen LogP contribution in [0.5, 0.6) is 0 Å². The number of fused-ring (bicyclic) bond motifs is 1. The number of imidazole rings is 1. The number of nitrogens with zero attached hydrogens (tertiary/aromatic N) is 3. The molecule has 0 spiro atoms. The van der Waals surface area contributed by atoms with Crippen LogP contribution < -0.4 is 5.32 Å². The Balaban J connectivity index is 0.00000192. The maximum absolute atomic E-state index is 5.45. The van der Waals surface area contributed by atoms with Gasteiger partial charge in [-0.3, -0.25) is 4.40 Å². The second-order valence-electron chi connectivity index (χ2n) is 5.27. The lowest BCUT2D eigenvalue weighted by atomic mass is 10.1. The van der Waals surface area contributed by atoms with Gasteiger partial charge in [0.2, 0.25) is 0 Å². The molecule has 0 unspecified atom stereocenters. The van der Waals surface area contributed by atoms with Crippen LogP contribution in [0.1, 0.15) is 22.5 Å². The van der Waals surface area contributed by atoms with Crippen LogP contribution >= 0.6 is 12.4 Å². The van der Waals surface area contributed by atoms with Crippen molar-refractivity contribution in [3.63, 3.8) is 0 Å². The highest BCUT2D eigenvalue weighted by Gasteiger charge is 2.11. The van der Waals surface area contributed by atoms with E-state index in [0.29, 0.717) is 6.42 Å². The molecule has 118 valence electrons. The maximum atomic E-state index is 5.45. The van der Waals surface area contributed by atoms with E-state index in [-0.39, 0.29) is 12.4 Å². The molecule has 0 aliphatic carbocycles. The van der Waals surface area contributed by atoms with Gasteiger partial charge in [-0.25, -0.2) is 9.97 Å². The van der Waals surface area contributed by atoms with Crippen molar-refractivity contribution >= 4 is 23.9 Å². The van der Waals surface area contributed by atoms with Crippen LogP contribution in [-0.4, -0.2) is 14.4 Å². The molecule has 1 aromatic carbocycles. The second-order valence-corrected chi connectivity index (χ2v) is 5.27. The van der Waals surface area contributed by atoms with Gasteiger partial charge in [0, 0.05) is 18.9 Å². The van der Waals surface area contributed by atoms with Crippen molar-refractivity contribution in [1.82, 2.24) is 14.4 Å². The normalized spacial score (nSPS) is 10.1. The molecule has 2 aromatic heterocycles. The Hall–Kier alpha value is -2.51. The minimum atomic E-state index is 0. The Kier molecular flexibility index (Phi) is 5.25. The van der Waals surface area contributed by atoms with E-state index in [1.54, 1.807) is 6.20 Å². The summed E-state index contributed by atoms with van der Waals surface area (Å²) in [6.07, 6.45) is 9.69. The predicted molar refractivity (Wildman–Crippen MR) is 96.0 cm³/mol. The van der Waals surface area contributed by atoms with Crippen molar-refractivity contribution in [3.05, 3.63) is 59.2 Å². The number of halogens is 1. The van der Waals surface area contributed by atoms with Gasteiger partial charge in [0.25, 0.3) is 0 Å². The third kappa shape index (κ3) is 3.30. The van der Waals surface area contributed by atoms with Crippen molar-refractivity contribution in [2.75, 3.05) is 5.32 Å². The summed E-state index contributed by atoms with van der Waals surface area (Å²) in [4.78, 5) is 9.03. The number of benzene rings is 1. The lowest BCUT2D eigenvalue weighted by Gasteiger charge is -2.09. The highest BCUT2D eigenvalue weighted by molar-refractivity contribution is 5.85. The SMILES string of the molecule is C#CCc1c(C)nc2c(NCc3ccccc3C)nccn12.Cl. The van der Waals surface area contributed by atoms with Crippen molar-refractivity contribution < 1.29 is 0 Å². The summed E-state index contributed by atoms with van der Waals surface area (Å²) < 4.78 is 2.02. The Morgan fingerprint density at radius 3 is 2.78 bits per heavy atom. The molecule has 0 aliphatic rings. The van der Waals surface area contributed by atoms with E-state index in [0.717, 1.165) is 29.4 Å². The third-order valence-corrected chi connectivity index (χ3v) is 3.82. The number of aryl methyl sites for hydroxylation is 2. The van der Waals surface area contributed by atoms with Gasteiger partial charge in [0.15, 0.2) is 11.5 Å². The fourth-order valence-electron chi connectivity index (χ4n) is 2.56. The first-order chi connectivity index (χ1) is 10.7. The monoisotopic (exact) mass is 326 g/mol. The van der Waals surface area contributed by atoms with Crippen molar-refractivity contribution in [2.45, 2.75) is 26.8 Å². The first kappa shape index (κ1) is 16.9. The van der Waals surface area contributed by atoms with E-state index in [1.807, 2.05) is 29.7 Å². The molecule has 23 heavy (non-hydrogen) atoms. The summed E-state index contributed by atoms with van der Waals surface area (Å²) in [5, 5.41) is 3.38. The number of terminal acetylenes is 1. The summed E-state index contributed by atoms with van der Waals surface area (Å²) in [5.41, 5.74) is 5.32. The average Bonchev–Trinajstić information content (AvgIpc) is 2.84. The van der Waals surface area contributed by atoms with Crippen molar-refractivity contribution in [2.24, 2.45) is 0 Å². The second kappa shape index (κ2) is 7.17. The number of rotatable bonds is 4. The van der Waals surface area contributed by atoms with Gasteiger partial charge in [-0.1, -0.05) is 24.3 Å².